The molecule has 0 fully saturated rings. The number of aryl methyl sites for hydroxylation is 1. The highest BCUT2D eigenvalue weighted by molar-refractivity contribution is 7.15. The molecule has 0 saturated heterocycles. The molecule has 20 heavy (non-hydrogen) atoms. The van der Waals surface area contributed by atoms with Crippen LogP contribution in [0, 0.1) is 0 Å². The van der Waals surface area contributed by atoms with Gasteiger partial charge in [-0.3, -0.25) is 14.3 Å². The quantitative estimate of drug-likeness (QED) is 0.748. The SMILES string of the molecule is O=C(N[C@@H]1CCc2[nH]ncc2C1)c1cn2ccsc2n1. The van der Waals surface area contributed by atoms with Crippen molar-refractivity contribution in [3.63, 3.8) is 0 Å². The fraction of sp³-hybridized carbons (Fsp3) is 0.308. The Kier molecular flexibility index (Phi) is 2.59. The molecule has 3 heterocycles. The fourth-order valence-corrected chi connectivity index (χ4v) is 3.34. The van der Waals surface area contributed by atoms with Gasteiger partial charge in [0.15, 0.2) is 4.96 Å². The molecule has 4 rings (SSSR count). The van der Waals surface area contributed by atoms with Crippen molar-refractivity contribution in [2.24, 2.45) is 0 Å². The topological polar surface area (TPSA) is 75.1 Å². The number of aromatic amines is 1. The highest BCUT2D eigenvalue weighted by atomic mass is 32.1. The molecule has 0 unspecified atom stereocenters. The third-order valence-corrected chi connectivity index (χ3v) is 4.45. The molecule has 1 atom stereocenters. The summed E-state index contributed by atoms with van der Waals surface area (Å²) < 4.78 is 1.87. The van der Waals surface area contributed by atoms with Crippen LogP contribution in [0.25, 0.3) is 4.96 Å². The first kappa shape index (κ1) is 11.7. The van der Waals surface area contributed by atoms with Gasteiger partial charge in [-0.05, 0) is 24.8 Å². The average molecular weight is 287 g/mol. The Labute approximate surface area is 118 Å². The Bertz CT molecular complexity index is 742. The molecule has 0 radical (unpaired) electrons. The van der Waals surface area contributed by atoms with Crippen molar-refractivity contribution in [1.29, 1.82) is 0 Å². The van der Waals surface area contributed by atoms with Crippen molar-refractivity contribution in [3.8, 4) is 0 Å². The van der Waals surface area contributed by atoms with Gasteiger partial charge in [0.25, 0.3) is 5.91 Å². The standard InChI is InChI=1S/C13H13N5OS/c19-12(11-7-18-3-4-20-13(18)16-11)15-9-1-2-10-8(5-9)6-14-17-10/h3-4,6-7,9H,1-2,5H2,(H,14,17)(H,15,19)/t9-/m1/s1. The molecule has 2 N–H and O–H groups in total. The van der Waals surface area contributed by atoms with Crippen LogP contribution in [-0.4, -0.2) is 31.5 Å². The predicted molar refractivity (Wildman–Crippen MR) is 74.9 cm³/mol. The average Bonchev–Trinajstić information content (AvgIpc) is 3.12. The number of fused-ring (bicyclic) bond motifs is 2. The van der Waals surface area contributed by atoms with Crippen LogP contribution in [0.5, 0.6) is 0 Å². The van der Waals surface area contributed by atoms with Gasteiger partial charge in [0.1, 0.15) is 5.69 Å². The normalized spacial score (nSPS) is 18.1. The molecule has 1 aliphatic carbocycles. The minimum Gasteiger partial charge on any atom is -0.348 e. The maximum atomic E-state index is 12.2. The van der Waals surface area contributed by atoms with Crippen molar-refractivity contribution in [1.82, 2.24) is 24.9 Å². The summed E-state index contributed by atoms with van der Waals surface area (Å²) in [6.07, 6.45) is 8.22. The van der Waals surface area contributed by atoms with Crippen LogP contribution < -0.4 is 5.32 Å². The lowest BCUT2D eigenvalue weighted by atomic mass is 9.93. The summed E-state index contributed by atoms with van der Waals surface area (Å²) >= 11 is 1.52. The van der Waals surface area contributed by atoms with Crippen LogP contribution in [0.1, 0.15) is 28.2 Å². The van der Waals surface area contributed by atoms with Gasteiger partial charge in [-0.1, -0.05) is 0 Å². The van der Waals surface area contributed by atoms with Gasteiger partial charge in [0.2, 0.25) is 0 Å². The maximum Gasteiger partial charge on any atom is 0.271 e. The molecular weight excluding hydrogens is 274 g/mol. The van der Waals surface area contributed by atoms with Gasteiger partial charge >= 0.3 is 0 Å². The first-order chi connectivity index (χ1) is 9.79. The molecule has 6 nitrogen and oxygen atoms in total. The van der Waals surface area contributed by atoms with Crippen molar-refractivity contribution < 1.29 is 4.79 Å². The molecule has 0 spiro atoms. The Morgan fingerprint density at radius 2 is 2.50 bits per heavy atom. The van der Waals surface area contributed by atoms with Crippen molar-refractivity contribution in [2.75, 3.05) is 0 Å². The van der Waals surface area contributed by atoms with E-state index in [9.17, 15) is 4.79 Å². The molecule has 0 bridgehead atoms. The molecular formula is C13H13N5OS. The van der Waals surface area contributed by atoms with Gasteiger partial charge in [-0.2, -0.15) is 5.10 Å². The second-order valence-corrected chi connectivity index (χ2v) is 5.88. The van der Waals surface area contributed by atoms with E-state index in [-0.39, 0.29) is 11.9 Å². The molecule has 1 amide bonds. The van der Waals surface area contributed by atoms with E-state index in [1.165, 1.54) is 22.6 Å². The molecule has 0 saturated carbocycles. The Hall–Kier alpha value is -2.15. The predicted octanol–water partition coefficient (Wildman–Crippen LogP) is 1.41. The maximum absolute atomic E-state index is 12.2. The van der Waals surface area contributed by atoms with E-state index in [1.807, 2.05) is 22.2 Å². The van der Waals surface area contributed by atoms with Gasteiger partial charge in [-0.25, -0.2) is 4.98 Å². The zero-order chi connectivity index (χ0) is 13.5. The largest absolute Gasteiger partial charge is 0.348 e. The lowest BCUT2D eigenvalue weighted by Gasteiger charge is -2.22. The van der Waals surface area contributed by atoms with Crippen LogP contribution in [0.15, 0.2) is 24.0 Å². The molecule has 0 aliphatic heterocycles. The van der Waals surface area contributed by atoms with Gasteiger partial charge < -0.3 is 5.32 Å². The van der Waals surface area contributed by atoms with Gasteiger partial charge in [-0.15, -0.1) is 11.3 Å². The number of carbonyl (C=O) groups excluding carboxylic acids is 1. The number of hydrogen-bond donors (Lipinski definition) is 2. The zero-order valence-corrected chi connectivity index (χ0v) is 11.5. The number of amides is 1. The summed E-state index contributed by atoms with van der Waals surface area (Å²) in [5.74, 6) is -0.0992. The molecule has 102 valence electrons. The van der Waals surface area contributed by atoms with E-state index in [0.717, 1.165) is 24.2 Å². The van der Waals surface area contributed by atoms with E-state index in [0.29, 0.717) is 5.69 Å². The van der Waals surface area contributed by atoms with Crippen LogP contribution >= 0.6 is 11.3 Å². The summed E-state index contributed by atoms with van der Waals surface area (Å²) in [4.78, 5) is 17.4. The third-order valence-electron chi connectivity index (χ3n) is 3.68. The minimum absolute atomic E-state index is 0.0992. The van der Waals surface area contributed by atoms with Gasteiger partial charge in [0, 0.05) is 29.5 Å². The first-order valence-corrected chi connectivity index (χ1v) is 7.42. The fourth-order valence-electron chi connectivity index (χ4n) is 2.64. The smallest absolute Gasteiger partial charge is 0.271 e. The first-order valence-electron chi connectivity index (χ1n) is 6.54. The number of nitrogens with one attached hydrogen (secondary N) is 2. The van der Waals surface area contributed by atoms with Gasteiger partial charge in [0.05, 0.1) is 6.20 Å². The molecule has 7 heteroatoms. The highest BCUT2D eigenvalue weighted by Gasteiger charge is 2.22. The van der Waals surface area contributed by atoms with Crippen molar-refractivity contribution in [3.05, 3.63) is 40.9 Å². The number of thiazole rings is 1. The lowest BCUT2D eigenvalue weighted by Crippen LogP contribution is -2.38. The van der Waals surface area contributed by atoms with E-state index in [2.05, 4.69) is 20.5 Å². The Morgan fingerprint density at radius 1 is 1.55 bits per heavy atom. The van der Waals surface area contributed by atoms with E-state index in [1.54, 1.807) is 6.20 Å². The minimum atomic E-state index is -0.0992. The van der Waals surface area contributed by atoms with E-state index >= 15 is 0 Å². The number of rotatable bonds is 2. The summed E-state index contributed by atoms with van der Waals surface area (Å²) in [5.41, 5.74) is 2.88. The van der Waals surface area contributed by atoms with Crippen LogP contribution in [0.2, 0.25) is 0 Å². The number of hydrogen-bond acceptors (Lipinski definition) is 4. The molecule has 3 aromatic heterocycles. The Balaban J connectivity index is 1.49. The summed E-state index contributed by atoms with van der Waals surface area (Å²) in [6, 6.07) is 0.160. The summed E-state index contributed by atoms with van der Waals surface area (Å²) in [5, 5.41) is 12.1. The van der Waals surface area contributed by atoms with E-state index in [4.69, 9.17) is 0 Å². The summed E-state index contributed by atoms with van der Waals surface area (Å²) in [7, 11) is 0. The van der Waals surface area contributed by atoms with E-state index < -0.39 is 0 Å². The summed E-state index contributed by atoms with van der Waals surface area (Å²) in [6.45, 7) is 0. The number of imidazole rings is 1. The molecule has 3 aromatic rings. The monoisotopic (exact) mass is 287 g/mol. The Morgan fingerprint density at radius 3 is 3.40 bits per heavy atom. The molecule has 1 aliphatic rings. The van der Waals surface area contributed by atoms with Crippen LogP contribution in [-0.2, 0) is 12.8 Å². The lowest BCUT2D eigenvalue weighted by molar-refractivity contribution is 0.0929. The molecule has 0 aromatic carbocycles. The number of H-pyrrole nitrogens is 1. The second kappa shape index (κ2) is 4.45. The number of carbonyl (C=O) groups is 1. The third kappa shape index (κ3) is 1.90. The second-order valence-electron chi connectivity index (χ2n) is 5.01. The number of aromatic nitrogens is 4. The highest BCUT2D eigenvalue weighted by Crippen LogP contribution is 2.19. The van der Waals surface area contributed by atoms with Crippen molar-refractivity contribution in [2.45, 2.75) is 25.3 Å². The van der Waals surface area contributed by atoms with Crippen LogP contribution in [0.4, 0.5) is 0 Å². The van der Waals surface area contributed by atoms with Crippen molar-refractivity contribution >= 4 is 22.2 Å². The van der Waals surface area contributed by atoms with Crippen LogP contribution in [0.3, 0.4) is 0 Å². The zero-order valence-electron chi connectivity index (χ0n) is 10.7. The number of nitrogens with zero attached hydrogens (tertiary/aromatic N) is 3.